The van der Waals surface area contributed by atoms with Crippen molar-refractivity contribution in [3.05, 3.63) is 77.4 Å². The lowest BCUT2D eigenvalue weighted by atomic mass is 9.84. The highest BCUT2D eigenvalue weighted by Gasteiger charge is 2.18. The number of Topliss-reactive ketones (excluding diaryl/α,β-unsaturated/α-hetero) is 1. The van der Waals surface area contributed by atoms with E-state index in [1.165, 1.54) is 22.3 Å². The second kappa shape index (κ2) is 5.87. The Bertz CT molecular complexity index is 570. The minimum absolute atomic E-state index is 0.397. The molecule has 0 spiro atoms. The van der Waals surface area contributed by atoms with Crippen LogP contribution < -0.4 is 0 Å². The maximum atomic E-state index is 11.5. The van der Waals surface area contributed by atoms with Gasteiger partial charge in [-0.25, -0.2) is 0 Å². The lowest BCUT2D eigenvalue weighted by Gasteiger charge is -2.19. The molecule has 2 aromatic carbocycles. The molecule has 0 atom stereocenters. The Hall–Kier alpha value is -2.15. The van der Waals surface area contributed by atoms with Crippen molar-refractivity contribution >= 4 is 11.4 Å². The molecule has 3 rings (SSSR count). The molecular weight excluding hydrogens is 244 g/mol. The van der Waals surface area contributed by atoms with Crippen molar-refractivity contribution in [2.45, 2.75) is 25.7 Å². The van der Waals surface area contributed by atoms with Gasteiger partial charge in [0.05, 0.1) is 0 Å². The zero-order chi connectivity index (χ0) is 13.8. The fourth-order valence-corrected chi connectivity index (χ4v) is 2.87. The van der Waals surface area contributed by atoms with Crippen molar-refractivity contribution in [2.75, 3.05) is 0 Å². The Morgan fingerprint density at radius 1 is 0.650 bits per heavy atom. The summed E-state index contributed by atoms with van der Waals surface area (Å²) in [5.74, 6) is 0.397. The van der Waals surface area contributed by atoms with Gasteiger partial charge in [0.1, 0.15) is 5.78 Å². The van der Waals surface area contributed by atoms with E-state index in [4.69, 9.17) is 0 Å². The molecule has 1 heteroatoms. The molecule has 1 fully saturated rings. The molecule has 0 bridgehead atoms. The van der Waals surface area contributed by atoms with Crippen LogP contribution >= 0.6 is 0 Å². The lowest BCUT2D eigenvalue weighted by molar-refractivity contribution is -0.119. The number of benzene rings is 2. The number of allylic oxidation sites excluding steroid dienone is 1. The van der Waals surface area contributed by atoms with E-state index in [1.807, 2.05) is 12.1 Å². The van der Waals surface area contributed by atoms with Crippen LogP contribution in [0.1, 0.15) is 36.8 Å². The van der Waals surface area contributed by atoms with E-state index in [-0.39, 0.29) is 0 Å². The van der Waals surface area contributed by atoms with E-state index in [1.54, 1.807) is 0 Å². The van der Waals surface area contributed by atoms with Gasteiger partial charge < -0.3 is 0 Å². The van der Waals surface area contributed by atoms with E-state index in [2.05, 4.69) is 48.5 Å². The van der Waals surface area contributed by atoms with E-state index in [9.17, 15) is 4.79 Å². The summed E-state index contributed by atoms with van der Waals surface area (Å²) < 4.78 is 0. The first-order valence-electron chi connectivity index (χ1n) is 7.19. The van der Waals surface area contributed by atoms with Crippen LogP contribution in [-0.4, -0.2) is 5.78 Å². The SMILES string of the molecule is O=C1CCC(=C(c2ccccc2)c2ccccc2)CC1. The predicted molar refractivity (Wildman–Crippen MR) is 82.4 cm³/mol. The molecule has 0 N–H and O–H groups in total. The largest absolute Gasteiger partial charge is 0.300 e. The first kappa shape index (κ1) is 12.9. The molecule has 0 amide bonds. The first-order chi connectivity index (χ1) is 9.84. The molecule has 0 unspecified atom stereocenters. The second-order valence-corrected chi connectivity index (χ2v) is 5.25. The zero-order valence-electron chi connectivity index (χ0n) is 11.5. The number of carbonyl (C=O) groups is 1. The predicted octanol–water partition coefficient (Wildman–Crippen LogP) is 4.63. The van der Waals surface area contributed by atoms with Crippen molar-refractivity contribution < 1.29 is 4.79 Å². The summed E-state index contributed by atoms with van der Waals surface area (Å²) in [6.45, 7) is 0. The average molecular weight is 262 g/mol. The fourth-order valence-electron chi connectivity index (χ4n) is 2.87. The van der Waals surface area contributed by atoms with E-state index < -0.39 is 0 Å². The van der Waals surface area contributed by atoms with Crippen LogP contribution in [-0.2, 0) is 4.79 Å². The average Bonchev–Trinajstić information content (AvgIpc) is 2.52. The Morgan fingerprint density at radius 3 is 1.55 bits per heavy atom. The van der Waals surface area contributed by atoms with Crippen LogP contribution in [0, 0.1) is 0 Å². The number of hydrogen-bond donors (Lipinski definition) is 0. The van der Waals surface area contributed by atoms with Crippen molar-refractivity contribution in [1.29, 1.82) is 0 Å². The molecule has 20 heavy (non-hydrogen) atoms. The van der Waals surface area contributed by atoms with E-state index >= 15 is 0 Å². The maximum Gasteiger partial charge on any atom is 0.133 e. The second-order valence-electron chi connectivity index (χ2n) is 5.25. The molecule has 100 valence electrons. The summed E-state index contributed by atoms with van der Waals surface area (Å²) in [6.07, 6.45) is 3.19. The smallest absolute Gasteiger partial charge is 0.133 e. The number of rotatable bonds is 2. The van der Waals surface area contributed by atoms with Crippen molar-refractivity contribution in [2.24, 2.45) is 0 Å². The van der Waals surface area contributed by atoms with Crippen molar-refractivity contribution in [1.82, 2.24) is 0 Å². The Morgan fingerprint density at radius 2 is 1.10 bits per heavy atom. The first-order valence-corrected chi connectivity index (χ1v) is 7.19. The molecule has 0 aliphatic heterocycles. The number of ketones is 1. The summed E-state index contributed by atoms with van der Waals surface area (Å²) in [5.41, 5.74) is 5.24. The zero-order valence-corrected chi connectivity index (χ0v) is 11.5. The summed E-state index contributed by atoms with van der Waals surface area (Å²) >= 11 is 0. The molecule has 2 aromatic rings. The number of carbonyl (C=O) groups excluding carboxylic acids is 1. The molecule has 0 radical (unpaired) electrons. The molecule has 1 nitrogen and oxygen atoms in total. The monoisotopic (exact) mass is 262 g/mol. The summed E-state index contributed by atoms with van der Waals surface area (Å²) in [5, 5.41) is 0. The maximum absolute atomic E-state index is 11.5. The lowest BCUT2D eigenvalue weighted by Crippen LogP contribution is -2.08. The van der Waals surface area contributed by atoms with E-state index in [0.717, 1.165) is 12.8 Å². The molecule has 1 aliphatic rings. The normalized spacial score (nSPS) is 15.2. The van der Waals surface area contributed by atoms with Crippen molar-refractivity contribution in [3.8, 4) is 0 Å². The standard InChI is InChI=1S/C19H18O/c20-18-13-11-17(12-14-18)19(15-7-3-1-4-8-15)16-9-5-2-6-10-16/h1-10H,11-14H2. The van der Waals surface area contributed by atoms with E-state index in [0.29, 0.717) is 18.6 Å². The van der Waals surface area contributed by atoms with Gasteiger partial charge in [-0.1, -0.05) is 66.2 Å². The summed E-state index contributed by atoms with van der Waals surface area (Å²) in [7, 11) is 0. The third kappa shape index (κ3) is 2.72. The van der Waals surface area contributed by atoms with Gasteiger partial charge in [-0.3, -0.25) is 4.79 Å². The Kier molecular flexibility index (Phi) is 3.78. The third-order valence-electron chi connectivity index (χ3n) is 3.89. The highest BCUT2D eigenvalue weighted by atomic mass is 16.1. The van der Waals surface area contributed by atoms with Crippen molar-refractivity contribution in [3.63, 3.8) is 0 Å². The van der Waals surface area contributed by atoms with Gasteiger partial charge in [0.15, 0.2) is 0 Å². The van der Waals surface area contributed by atoms with Crippen LogP contribution in [0.2, 0.25) is 0 Å². The van der Waals surface area contributed by atoms with Gasteiger partial charge in [-0.05, 0) is 29.5 Å². The molecule has 1 aliphatic carbocycles. The minimum atomic E-state index is 0.397. The van der Waals surface area contributed by atoms with Gasteiger partial charge in [-0.15, -0.1) is 0 Å². The van der Waals surface area contributed by atoms with Gasteiger partial charge in [-0.2, -0.15) is 0 Å². The summed E-state index contributed by atoms with van der Waals surface area (Å²) in [4.78, 5) is 11.5. The van der Waals surface area contributed by atoms with Crippen LogP contribution in [0.4, 0.5) is 0 Å². The quantitative estimate of drug-likeness (QED) is 0.771. The summed E-state index contributed by atoms with van der Waals surface area (Å²) in [6, 6.07) is 21.0. The highest BCUT2D eigenvalue weighted by molar-refractivity contribution is 5.86. The molecule has 0 heterocycles. The van der Waals surface area contributed by atoms with Crippen LogP contribution in [0.3, 0.4) is 0 Å². The Balaban J connectivity index is 2.09. The van der Waals surface area contributed by atoms with Crippen LogP contribution in [0.15, 0.2) is 66.2 Å². The van der Waals surface area contributed by atoms with Gasteiger partial charge in [0.25, 0.3) is 0 Å². The third-order valence-corrected chi connectivity index (χ3v) is 3.89. The van der Waals surface area contributed by atoms with Gasteiger partial charge in [0.2, 0.25) is 0 Å². The topological polar surface area (TPSA) is 17.1 Å². The van der Waals surface area contributed by atoms with Gasteiger partial charge in [0, 0.05) is 12.8 Å². The fraction of sp³-hybridized carbons (Fsp3) is 0.211. The molecule has 0 aromatic heterocycles. The number of hydrogen-bond acceptors (Lipinski definition) is 1. The van der Waals surface area contributed by atoms with Gasteiger partial charge >= 0.3 is 0 Å². The Labute approximate surface area is 120 Å². The molecular formula is C19H18O. The highest BCUT2D eigenvalue weighted by Crippen LogP contribution is 2.33. The van der Waals surface area contributed by atoms with Crippen LogP contribution in [0.5, 0.6) is 0 Å². The molecule has 1 saturated carbocycles. The minimum Gasteiger partial charge on any atom is -0.300 e. The van der Waals surface area contributed by atoms with Crippen LogP contribution in [0.25, 0.3) is 5.57 Å². The molecule has 0 saturated heterocycles.